The highest BCUT2D eigenvalue weighted by molar-refractivity contribution is 7.99. The molecule has 1 N–H and O–H groups in total. The van der Waals surface area contributed by atoms with E-state index in [4.69, 9.17) is 4.74 Å². The van der Waals surface area contributed by atoms with Gasteiger partial charge in [0.15, 0.2) is 5.03 Å². The Kier molecular flexibility index (Phi) is 5.08. The van der Waals surface area contributed by atoms with Crippen LogP contribution in [0.2, 0.25) is 0 Å². The lowest BCUT2D eigenvalue weighted by Gasteiger charge is -2.33. The maximum absolute atomic E-state index is 9.83. The number of fused-ring (bicyclic) bond motifs is 1. The van der Waals surface area contributed by atoms with Crippen LogP contribution in [0.4, 0.5) is 5.82 Å². The van der Waals surface area contributed by atoms with Gasteiger partial charge >= 0.3 is 0 Å². The van der Waals surface area contributed by atoms with Gasteiger partial charge in [-0.25, -0.2) is 4.98 Å². The summed E-state index contributed by atoms with van der Waals surface area (Å²) in [7, 11) is 0. The van der Waals surface area contributed by atoms with E-state index >= 15 is 0 Å². The Morgan fingerprint density at radius 1 is 1.29 bits per heavy atom. The fourth-order valence-corrected chi connectivity index (χ4v) is 4.44. The topological polar surface area (TPSA) is 50.4 Å². The number of rotatable bonds is 4. The van der Waals surface area contributed by atoms with Crippen LogP contribution in [-0.4, -0.2) is 24.4 Å². The van der Waals surface area contributed by atoms with E-state index < -0.39 is 0 Å². The van der Waals surface area contributed by atoms with Gasteiger partial charge in [-0.2, -0.15) is 5.26 Å². The van der Waals surface area contributed by atoms with E-state index in [1.165, 1.54) is 29.8 Å². The highest BCUT2D eigenvalue weighted by Gasteiger charge is 2.36. The third-order valence-electron chi connectivity index (χ3n) is 4.72. The number of H-pyrrole nitrogens is 1. The molecule has 0 unspecified atom stereocenters. The van der Waals surface area contributed by atoms with Gasteiger partial charge in [0.05, 0.1) is 30.9 Å². The first-order valence-corrected chi connectivity index (χ1v) is 9.92. The Balaban J connectivity index is 2.09. The number of aromatic amines is 1. The van der Waals surface area contributed by atoms with E-state index in [0.29, 0.717) is 12.5 Å². The van der Waals surface area contributed by atoms with E-state index in [-0.39, 0.29) is 5.60 Å². The molecule has 24 heavy (non-hydrogen) atoms. The average Bonchev–Trinajstić information content (AvgIpc) is 3.04. The minimum absolute atomic E-state index is 0.206. The van der Waals surface area contributed by atoms with E-state index in [1.807, 2.05) is 0 Å². The first kappa shape index (κ1) is 17.6. The van der Waals surface area contributed by atoms with Crippen LogP contribution in [0.15, 0.2) is 5.03 Å². The molecule has 0 aliphatic carbocycles. The lowest BCUT2D eigenvalue weighted by molar-refractivity contribution is -0.414. The molecule has 0 radical (unpaired) electrons. The average molecular weight is 347 g/mol. The van der Waals surface area contributed by atoms with Crippen LogP contribution in [-0.2, 0) is 17.8 Å². The first-order valence-electron chi connectivity index (χ1n) is 8.94. The largest absolute Gasteiger partial charge is 0.370 e. The molecule has 0 bridgehead atoms. The number of nitriles is 1. The van der Waals surface area contributed by atoms with Crippen LogP contribution >= 0.6 is 11.8 Å². The molecule has 1 saturated heterocycles. The quantitative estimate of drug-likeness (QED) is 0.782. The number of hydrogen-bond donors (Lipinski definition) is 0. The maximum Gasteiger partial charge on any atom is 0.281 e. The van der Waals surface area contributed by atoms with E-state index in [0.717, 1.165) is 35.9 Å². The predicted molar refractivity (Wildman–Crippen MR) is 97.3 cm³/mol. The van der Waals surface area contributed by atoms with Crippen molar-refractivity contribution < 1.29 is 9.72 Å². The van der Waals surface area contributed by atoms with Crippen molar-refractivity contribution in [3.63, 3.8) is 0 Å². The van der Waals surface area contributed by atoms with Crippen molar-refractivity contribution in [3.05, 3.63) is 16.7 Å². The SMILES string of the molecule is CC(C)CSc1[nH+]c(N2CCCC2)c2c(c1C#N)CC(C)(C)OC2. The van der Waals surface area contributed by atoms with Crippen LogP contribution in [0.5, 0.6) is 0 Å². The third kappa shape index (κ3) is 3.55. The summed E-state index contributed by atoms with van der Waals surface area (Å²) in [6.07, 6.45) is 3.28. The van der Waals surface area contributed by atoms with Gasteiger partial charge in [0, 0.05) is 12.2 Å². The molecule has 2 aliphatic heterocycles. The number of anilines is 1. The molecule has 1 fully saturated rings. The van der Waals surface area contributed by atoms with Crippen molar-refractivity contribution in [2.75, 3.05) is 23.7 Å². The Labute approximate surface area is 149 Å². The molecule has 3 heterocycles. The number of aromatic nitrogens is 1. The van der Waals surface area contributed by atoms with Gasteiger partial charge in [-0.1, -0.05) is 25.6 Å². The molecule has 4 nitrogen and oxygen atoms in total. The van der Waals surface area contributed by atoms with Crippen molar-refractivity contribution in [3.8, 4) is 6.07 Å². The predicted octanol–water partition coefficient (Wildman–Crippen LogP) is 3.57. The van der Waals surface area contributed by atoms with Gasteiger partial charge < -0.3 is 4.74 Å². The minimum Gasteiger partial charge on any atom is -0.370 e. The highest BCUT2D eigenvalue weighted by Crippen LogP contribution is 2.37. The van der Waals surface area contributed by atoms with Gasteiger partial charge in [-0.15, -0.1) is 0 Å². The maximum atomic E-state index is 9.83. The summed E-state index contributed by atoms with van der Waals surface area (Å²) in [5, 5.41) is 10.9. The number of pyridine rings is 1. The first-order chi connectivity index (χ1) is 11.4. The number of nitrogens with zero attached hydrogens (tertiary/aromatic N) is 2. The summed E-state index contributed by atoms with van der Waals surface area (Å²) in [5.41, 5.74) is 3.01. The van der Waals surface area contributed by atoms with Crippen LogP contribution < -0.4 is 9.88 Å². The molecule has 0 spiro atoms. The van der Waals surface area contributed by atoms with Crippen molar-refractivity contribution in [1.29, 1.82) is 5.26 Å². The highest BCUT2D eigenvalue weighted by atomic mass is 32.2. The minimum atomic E-state index is -0.206. The zero-order valence-corrected chi connectivity index (χ0v) is 16.1. The van der Waals surface area contributed by atoms with E-state index in [9.17, 15) is 5.26 Å². The normalized spacial score (nSPS) is 19.4. The molecular weight excluding hydrogens is 318 g/mol. The number of thioether (sulfide) groups is 1. The molecule has 5 heteroatoms. The lowest BCUT2D eigenvalue weighted by atomic mass is 9.89. The summed E-state index contributed by atoms with van der Waals surface area (Å²) in [6.45, 7) is 11.4. The molecule has 130 valence electrons. The number of hydrogen-bond acceptors (Lipinski definition) is 4. The van der Waals surface area contributed by atoms with E-state index in [1.54, 1.807) is 11.8 Å². The second kappa shape index (κ2) is 6.93. The van der Waals surface area contributed by atoms with E-state index in [2.05, 4.69) is 43.6 Å². The fourth-order valence-electron chi connectivity index (χ4n) is 3.46. The molecule has 0 aromatic carbocycles. The molecule has 3 rings (SSSR count). The van der Waals surface area contributed by atoms with Gasteiger partial charge in [0.1, 0.15) is 11.6 Å². The summed E-state index contributed by atoms with van der Waals surface area (Å²) in [4.78, 5) is 6.03. The lowest BCUT2D eigenvalue weighted by Crippen LogP contribution is -2.37. The molecule has 2 aliphatic rings. The van der Waals surface area contributed by atoms with Gasteiger partial charge in [0.2, 0.25) is 0 Å². The number of nitrogens with one attached hydrogen (secondary N) is 1. The summed E-state index contributed by atoms with van der Waals surface area (Å²) < 4.78 is 6.07. The van der Waals surface area contributed by atoms with Crippen molar-refractivity contribution >= 4 is 17.6 Å². The summed E-state index contributed by atoms with van der Waals surface area (Å²) in [5.74, 6) is 2.80. The Bertz CT molecular complexity index is 658. The molecule has 0 atom stereocenters. The van der Waals surface area contributed by atoms with Crippen molar-refractivity contribution in [1.82, 2.24) is 0 Å². The van der Waals surface area contributed by atoms with Crippen molar-refractivity contribution in [2.24, 2.45) is 5.92 Å². The second-order valence-corrected chi connectivity index (χ2v) is 8.90. The van der Waals surface area contributed by atoms with Crippen molar-refractivity contribution in [2.45, 2.75) is 64.2 Å². The van der Waals surface area contributed by atoms with Crippen LogP contribution in [0, 0.1) is 17.2 Å². The Morgan fingerprint density at radius 2 is 2.00 bits per heavy atom. The smallest absolute Gasteiger partial charge is 0.281 e. The van der Waals surface area contributed by atoms with Crippen LogP contribution in [0.3, 0.4) is 0 Å². The van der Waals surface area contributed by atoms with Gasteiger partial charge in [-0.3, -0.25) is 4.90 Å². The molecular formula is C19H28N3OS+. The molecule has 1 aromatic rings. The Hall–Kier alpha value is -1.25. The molecule has 1 aromatic heterocycles. The number of ether oxygens (including phenoxy) is 1. The Morgan fingerprint density at radius 3 is 2.62 bits per heavy atom. The standard InChI is InChI=1S/C19H27N3OS/c1-13(2)12-24-18-15(10-20)14-9-19(3,4)23-11-16(14)17(21-18)22-7-5-6-8-22/h13H,5-9,11-12H2,1-4H3/p+1. The molecule has 0 amide bonds. The van der Waals surface area contributed by atoms with Gasteiger partial charge in [-0.05, 0) is 38.2 Å². The second-order valence-electron chi connectivity index (χ2n) is 7.87. The zero-order valence-electron chi connectivity index (χ0n) is 15.2. The third-order valence-corrected chi connectivity index (χ3v) is 6.14. The fraction of sp³-hybridized carbons (Fsp3) is 0.684. The van der Waals surface area contributed by atoms with Gasteiger partial charge in [0.25, 0.3) is 5.82 Å². The summed E-state index contributed by atoms with van der Waals surface area (Å²) >= 11 is 1.78. The molecule has 0 saturated carbocycles. The van der Waals surface area contributed by atoms with Crippen LogP contribution in [0.25, 0.3) is 0 Å². The van der Waals surface area contributed by atoms with Crippen LogP contribution in [0.1, 0.15) is 57.2 Å². The summed E-state index contributed by atoms with van der Waals surface area (Å²) in [6, 6.07) is 2.48. The monoisotopic (exact) mass is 346 g/mol. The zero-order chi connectivity index (χ0) is 17.3.